The van der Waals surface area contributed by atoms with Gasteiger partial charge in [-0.3, -0.25) is 9.69 Å². The molecule has 1 aromatic heterocycles. The van der Waals surface area contributed by atoms with Crippen LogP contribution in [0.1, 0.15) is 5.56 Å². The SMILES string of the molecule is O=c1c(N2CCN(C/C=C/c3ccccc3)CC2)csc2ccc(Cl)cc12. The lowest BCUT2D eigenvalue weighted by Crippen LogP contribution is -2.47. The molecule has 0 aliphatic carbocycles. The summed E-state index contributed by atoms with van der Waals surface area (Å²) in [5, 5.41) is 3.32. The van der Waals surface area contributed by atoms with E-state index in [0.29, 0.717) is 5.02 Å². The van der Waals surface area contributed by atoms with Crippen LogP contribution < -0.4 is 10.3 Å². The highest BCUT2D eigenvalue weighted by molar-refractivity contribution is 7.16. The third kappa shape index (κ3) is 4.24. The van der Waals surface area contributed by atoms with Crippen molar-refractivity contribution in [2.75, 3.05) is 37.6 Å². The Balaban J connectivity index is 1.41. The van der Waals surface area contributed by atoms with Gasteiger partial charge >= 0.3 is 0 Å². The second-order valence-electron chi connectivity index (χ2n) is 6.69. The minimum Gasteiger partial charge on any atom is -0.365 e. The molecule has 0 N–H and O–H groups in total. The second kappa shape index (κ2) is 8.26. The molecule has 27 heavy (non-hydrogen) atoms. The summed E-state index contributed by atoms with van der Waals surface area (Å²) in [6, 6.07) is 15.9. The first-order chi connectivity index (χ1) is 13.2. The lowest BCUT2D eigenvalue weighted by Gasteiger charge is -2.35. The average molecular weight is 397 g/mol. The minimum absolute atomic E-state index is 0.0867. The summed E-state index contributed by atoms with van der Waals surface area (Å²) in [7, 11) is 0. The van der Waals surface area contributed by atoms with Gasteiger partial charge in [-0.05, 0) is 23.8 Å². The molecule has 1 aliphatic rings. The fourth-order valence-electron chi connectivity index (χ4n) is 3.38. The van der Waals surface area contributed by atoms with Crippen molar-refractivity contribution in [3.63, 3.8) is 0 Å². The van der Waals surface area contributed by atoms with E-state index in [2.05, 4.69) is 46.2 Å². The van der Waals surface area contributed by atoms with Crippen LogP contribution in [0.3, 0.4) is 0 Å². The minimum atomic E-state index is 0.0867. The molecule has 0 bridgehead atoms. The Hall–Kier alpha value is -2.14. The summed E-state index contributed by atoms with van der Waals surface area (Å²) in [5.41, 5.74) is 2.11. The molecule has 138 valence electrons. The van der Waals surface area contributed by atoms with Gasteiger partial charge < -0.3 is 4.90 Å². The molecule has 2 heterocycles. The summed E-state index contributed by atoms with van der Waals surface area (Å²) in [4.78, 5) is 17.5. The number of anilines is 1. The Morgan fingerprint density at radius 1 is 1.04 bits per heavy atom. The molecule has 1 saturated heterocycles. The lowest BCUT2D eigenvalue weighted by molar-refractivity contribution is 0.284. The second-order valence-corrected chi connectivity index (χ2v) is 8.04. The molecule has 0 amide bonds. The van der Waals surface area contributed by atoms with E-state index >= 15 is 0 Å². The molecule has 5 heteroatoms. The maximum atomic E-state index is 12.9. The standard InChI is InChI=1S/C22H21ClN2OS/c23-18-8-9-21-19(15-18)22(26)20(16-27-21)25-13-11-24(12-14-25)10-4-7-17-5-2-1-3-6-17/h1-9,15-16H,10-14H2/b7-4+. The van der Waals surface area contributed by atoms with E-state index in [0.717, 1.165) is 48.5 Å². The fraction of sp³-hybridized carbons (Fsp3) is 0.227. The Morgan fingerprint density at radius 2 is 1.81 bits per heavy atom. The Morgan fingerprint density at radius 3 is 2.59 bits per heavy atom. The Kier molecular flexibility index (Phi) is 5.58. The van der Waals surface area contributed by atoms with Crippen molar-refractivity contribution in [2.24, 2.45) is 0 Å². The van der Waals surface area contributed by atoms with E-state index < -0.39 is 0 Å². The van der Waals surface area contributed by atoms with Crippen LogP contribution in [0.5, 0.6) is 0 Å². The van der Waals surface area contributed by atoms with Crippen LogP contribution in [0, 0.1) is 0 Å². The van der Waals surface area contributed by atoms with Gasteiger partial charge in [-0.1, -0.05) is 54.1 Å². The first-order valence-corrected chi connectivity index (χ1v) is 10.4. The first-order valence-electron chi connectivity index (χ1n) is 9.11. The van der Waals surface area contributed by atoms with Crippen molar-refractivity contribution in [1.82, 2.24) is 4.90 Å². The third-order valence-corrected chi connectivity index (χ3v) is 6.09. The van der Waals surface area contributed by atoms with Gasteiger partial charge in [-0.25, -0.2) is 0 Å². The quantitative estimate of drug-likeness (QED) is 0.635. The number of halogens is 1. The first kappa shape index (κ1) is 18.2. The smallest absolute Gasteiger partial charge is 0.211 e. The van der Waals surface area contributed by atoms with Crippen LogP contribution in [-0.2, 0) is 0 Å². The normalized spacial score (nSPS) is 15.7. The van der Waals surface area contributed by atoms with Gasteiger partial charge in [0, 0.05) is 53.2 Å². The monoisotopic (exact) mass is 396 g/mol. The number of hydrogen-bond donors (Lipinski definition) is 0. The van der Waals surface area contributed by atoms with Crippen LogP contribution in [0.25, 0.3) is 16.2 Å². The van der Waals surface area contributed by atoms with Crippen LogP contribution in [0.4, 0.5) is 5.69 Å². The van der Waals surface area contributed by atoms with Crippen molar-refractivity contribution >= 4 is 44.8 Å². The zero-order chi connectivity index (χ0) is 18.6. The van der Waals surface area contributed by atoms with Crippen LogP contribution in [0.2, 0.25) is 5.02 Å². The molecule has 1 fully saturated rings. The van der Waals surface area contributed by atoms with Crippen LogP contribution >= 0.6 is 22.9 Å². The van der Waals surface area contributed by atoms with Crippen LogP contribution in [-0.4, -0.2) is 37.6 Å². The maximum Gasteiger partial charge on any atom is 0.211 e. The number of benzene rings is 2. The van der Waals surface area contributed by atoms with Crippen molar-refractivity contribution in [2.45, 2.75) is 0 Å². The van der Waals surface area contributed by atoms with E-state index in [1.807, 2.05) is 23.6 Å². The summed E-state index contributed by atoms with van der Waals surface area (Å²) in [5.74, 6) is 0. The van der Waals surface area contributed by atoms with Gasteiger partial charge in [-0.2, -0.15) is 0 Å². The number of nitrogens with zero attached hydrogens (tertiary/aromatic N) is 2. The molecule has 3 nitrogen and oxygen atoms in total. The van der Waals surface area contributed by atoms with Gasteiger partial charge in [-0.15, -0.1) is 11.3 Å². The summed E-state index contributed by atoms with van der Waals surface area (Å²) >= 11 is 7.69. The molecule has 1 aliphatic heterocycles. The van der Waals surface area contributed by atoms with Gasteiger partial charge in [0.05, 0.1) is 5.69 Å². The molecular weight excluding hydrogens is 376 g/mol. The van der Waals surface area contributed by atoms with E-state index in [-0.39, 0.29) is 5.43 Å². The molecule has 0 atom stereocenters. The van der Waals surface area contributed by atoms with E-state index in [4.69, 9.17) is 11.6 Å². The molecule has 4 rings (SSSR count). The summed E-state index contributed by atoms with van der Waals surface area (Å²) in [6.07, 6.45) is 4.38. The highest BCUT2D eigenvalue weighted by Gasteiger charge is 2.19. The molecule has 0 radical (unpaired) electrons. The zero-order valence-electron chi connectivity index (χ0n) is 15.0. The highest BCUT2D eigenvalue weighted by Crippen LogP contribution is 2.24. The topological polar surface area (TPSA) is 23.6 Å². The number of fused-ring (bicyclic) bond motifs is 1. The van der Waals surface area contributed by atoms with Gasteiger partial charge in [0.1, 0.15) is 0 Å². The summed E-state index contributed by atoms with van der Waals surface area (Å²) in [6.45, 7) is 4.58. The average Bonchev–Trinajstić information content (AvgIpc) is 2.70. The Bertz CT molecular complexity index is 1010. The molecule has 0 saturated carbocycles. The van der Waals surface area contributed by atoms with Gasteiger partial charge in [0.15, 0.2) is 0 Å². The molecule has 2 aromatic carbocycles. The predicted molar refractivity (Wildman–Crippen MR) is 117 cm³/mol. The molecule has 0 unspecified atom stereocenters. The van der Waals surface area contributed by atoms with E-state index in [1.165, 1.54) is 5.56 Å². The van der Waals surface area contributed by atoms with Crippen molar-refractivity contribution < 1.29 is 0 Å². The number of rotatable bonds is 4. The van der Waals surface area contributed by atoms with Crippen molar-refractivity contribution in [3.8, 4) is 0 Å². The van der Waals surface area contributed by atoms with E-state index in [1.54, 1.807) is 17.4 Å². The summed E-state index contributed by atoms with van der Waals surface area (Å²) < 4.78 is 0.984. The van der Waals surface area contributed by atoms with Crippen molar-refractivity contribution in [3.05, 3.63) is 80.8 Å². The Labute approximate surface area is 168 Å². The third-order valence-electron chi connectivity index (χ3n) is 4.90. The fourth-order valence-corrected chi connectivity index (χ4v) is 4.48. The highest BCUT2D eigenvalue weighted by atomic mass is 35.5. The molecule has 3 aromatic rings. The van der Waals surface area contributed by atoms with E-state index in [9.17, 15) is 4.79 Å². The van der Waals surface area contributed by atoms with Crippen molar-refractivity contribution in [1.29, 1.82) is 0 Å². The molecular formula is C22H21ClN2OS. The molecule has 0 spiro atoms. The number of hydrogen-bond acceptors (Lipinski definition) is 4. The van der Waals surface area contributed by atoms with Gasteiger partial charge in [0.2, 0.25) is 5.43 Å². The lowest BCUT2D eigenvalue weighted by atomic mass is 10.2. The van der Waals surface area contributed by atoms with Gasteiger partial charge in [0.25, 0.3) is 0 Å². The predicted octanol–water partition coefficient (Wildman–Crippen LogP) is 4.75. The van der Waals surface area contributed by atoms with Crippen LogP contribution in [0.15, 0.2) is 64.8 Å². The largest absolute Gasteiger partial charge is 0.365 e. The maximum absolute atomic E-state index is 12.9. The number of piperazine rings is 1. The zero-order valence-corrected chi connectivity index (χ0v) is 16.5.